The maximum absolute atomic E-state index is 4.51. The highest BCUT2D eigenvalue weighted by molar-refractivity contribution is 6.17. The third-order valence-electron chi connectivity index (χ3n) is 8.43. The second-order valence-corrected chi connectivity index (χ2v) is 12.1. The van der Waals surface area contributed by atoms with Crippen LogP contribution in [0.4, 0.5) is 0 Å². The third-order valence-corrected chi connectivity index (χ3v) is 8.43. The summed E-state index contributed by atoms with van der Waals surface area (Å²) >= 11 is 0. The second-order valence-electron chi connectivity index (χ2n) is 12.1. The summed E-state index contributed by atoms with van der Waals surface area (Å²) in [7, 11) is 1.85. The third kappa shape index (κ3) is 10.1. The maximum Gasteiger partial charge on any atom is 0.0649 e. The lowest BCUT2D eigenvalue weighted by Crippen LogP contribution is -2.05. The molecule has 0 saturated heterocycles. The monoisotopic (exact) mass is 651 g/mol. The van der Waals surface area contributed by atoms with Gasteiger partial charge in [-0.1, -0.05) is 175 Å². The van der Waals surface area contributed by atoms with Gasteiger partial charge in [-0.05, 0) is 90.3 Å². The van der Waals surface area contributed by atoms with Crippen molar-refractivity contribution in [2.45, 2.75) is 34.1 Å². The molecule has 50 heavy (non-hydrogen) atoms. The Kier molecular flexibility index (Phi) is 14.3. The van der Waals surface area contributed by atoms with E-state index in [9.17, 15) is 0 Å². The van der Waals surface area contributed by atoms with Crippen LogP contribution in [0.1, 0.15) is 51.4 Å². The van der Waals surface area contributed by atoms with E-state index in [-0.39, 0.29) is 0 Å². The minimum atomic E-state index is 1.00. The van der Waals surface area contributed by atoms with Crippen LogP contribution in [0.25, 0.3) is 28.9 Å². The van der Waals surface area contributed by atoms with Crippen molar-refractivity contribution < 1.29 is 0 Å². The number of rotatable bonds is 4. The minimum Gasteiger partial charge on any atom is -0.288 e. The molecule has 0 fully saturated rings. The van der Waals surface area contributed by atoms with Gasteiger partial charge in [-0.15, -0.1) is 13.2 Å². The van der Waals surface area contributed by atoms with Crippen molar-refractivity contribution in [3.8, 4) is 11.1 Å². The van der Waals surface area contributed by atoms with Gasteiger partial charge in [0.05, 0.1) is 5.71 Å². The number of nitrogens with zero attached hydrogens (tertiary/aromatic N) is 1. The van der Waals surface area contributed by atoms with Crippen LogP contribution in [-0.2, 0) is 6.42 Å². The number of aliphatic imine (C=N–C) groups is 1. The zero-order chi connectivity index (χ0) is 35.7. The summed E-state index contributed by atoms with van der Waals surface area (Å²) in [6.45, 7) is 14.5. The molecule has 1 heteroatoms. The number of hydrogen-bond acceptors (Lipinski definition) is 1. The number of allylic oxidation sites excluding steroid dienone is 7. The van der Waals surface area contributed by atoms with Gasteiger partial charge in [0, 0.05) is 12.6 Å². The fourth-order valence-electron chi connectivity index (χ4n) is 6.08. The molecule has 0 saturated carbocycles. The Morgan fingerprint density at radius 2 is 1.26 bits per heavy atom. The quantitative estimate of drug-likeness (QED) is 0.172. The summed E-state index contributed by atoms with van der Waals surface area (Å²) in [5.41, 5.74) is 16.3. The molecule has 0 radical (unpaired) electrons. The molecule has 0 aliphatic heterocycles. The summed E-state index contributed by atoms with van der Waals surface area (Å²) in [5.74, 6) is 0. The first kappa shape index (κ1) is 37.0. The first-order valence-electron chi connectivity index (χ1n) is 17.2. The van der Waals surface area contributed by atoms with Crippen LogP contribution in [-0.4, -0.2) is 12.8 Å². The van der Waals surface area contributed by atoms with Crippen LogP contribution in [0.3, 0.4) is 0 Å². The van der Waals surface area contributed by atoms with Gasteiger partial charge in [0.25, 0.3) is 0 Å². The molecule has 7 rings (SSSR count). The van der Waals surface area contributed by atoms with E-state index < -0.39 is 0 Å². The highest BCUT2D eigenvalue weighted by atomic mass is 14.7. The molecule has 0 aromatic heterocycles. The molecule has 250 valence electrons. The molecule has 0 atom stereocenters. The van der Waals surface area contributed by atoms with Crippen molar-refractivity contribution in [2.24, 2.45) is 4.99 Å². The number of hydrogen-bond donors (Lipinski definition) is 0. The Balaban J connectivity index is 0.000000216. The summed E-state index contributed by atoms with van der Waals surface area (Å²) in [4.78, 5) is 4.51. The first-order valence-corrected chi connectivity index (χ1v) is 17.2. The van der Waals surface area contributed by atoms with Crippen LogP contribution >= 0.6 is 0 Å². The van der Waals surface area contributed by atoms with Gasteiger partial charge in [-0.3, -0.25) is 4.99 Å². The molecular formula is C49H49N. The van der Waals surface area contributed by atoms with Crippen molar-refractivity contribution in [1.82, 2.24) is 0 Å². The number of aryl methyl sites for hydroxylation is 3. The fourth-order valence-corrected chi connectivity index (χ4v) is 6.08. The van der Waals surface area contributed by atoms with Crippen LogP contribution in [0.15, 0.2) is 182 Å². The van der Waals surface area contributed by atoms with Crippen molar-refractivity contribution in [3.05, 3.63) is 221 Å². The zero-order valence-corrected chi connectivity index (χ0v) is 30.2. The Hall–Kier alpha value is -5.79. The van der Waals surface area contributed by atoms with Gasteiger partial charge in [0.1, 0.15) is 0 Å². The van der Waals surface area contributed by atoms with Crippen molar-refractivity contribution in [3.63, 3.8) is 0 Å². The van der Waals surface area contributed by atoms with Crippen LogP contribution < -0.4 is 0 Å². The van der Waals surface area contributed by atoms with E-state index in [0.717, 1.165) is 17.7 Å². The van der Waals surface area contributed by atoms with Crippen molar-refractivity contribution >= 4 is 23.4 Å². The lowest BCUT2D eigenvalue weighted by Gasteiger charge is -2.16. The van der Waals surface area contributed by atoms with Gasteiger partial charge in [0.15, 0.2) is 0 Å². The Labute approximate surface area is 300 Å². The summed E-state index contributed by atoms with van der Waals surface area (Å²) in [6, 6.07) is 43.0. The van der Waals surface area contributed by atoms with E-state index in [0.29, 0.717) is 0 Å². The average Bonchev–Trinajstić information content (AvgIpc) is 3.64. The molecule has 0 spiro atoms. The van der Waals surface area contributed by atoms with Crippen LogP contribution in [0, 0.1) is 20.8 Å². The summed E-state index contributed by atoms with van der Waals surface area (Å²) in [6.07, 6.45) is 18.0. The molecule has 0 heterocycles. The molecular weight excluding hydrogens is 603 g/mol. The predicted molar refractivity (Wildman–Crippen MR) is 222 cm³/mol. The first-order chi connectivity index (χ1) is 24.5. The average molecular weight is 652 g/mol. The molecule has 5 aromatic carbocycles. The van der Waals surface area contributed by atoms with Crippen LogP contribution in [0.2, 0.25) is 0 Å². The van der Waals surface area contributed by atoms with E-state index >= 15 is 0 Å². The highest BCUT2D eigenvalue weighted by Crippen LogP contribution is 2.32. The lowest BCUT2D eigenvalue weighted by atomic mass is 9.88. The minimum absolute atomic E-state index is 1.00. The van der Waals surface area contributed by atoms with E-state index in [2.05, 4.69) is 203 Å². The maximum atomic E-state index is 4.51. The molecule has 2 aliphatic carbocycles. The van der Waals surface area contributed by atoms with E-state index in [1.807, 2.05) is 20.0 Å². The normalized spacial score (nSPS) is 14.1. The van der Waals surface area contributed by atoms with Crippen LogP contribution in [0.5, 0.6) is 0 Å². The topological polar surface area (TPSA) is 12.4 Å². The summed E-state index contributed by atoms with van der Waals surface area (Å²) < 4.78 is 0. The smallest absolute Gasteiger partial charge is 0.0649 e. The fraction of sp³-hybridized carbons (Fsp3) is 0.122. The second kappa shape index (κ2) is 19.3. The van der Waals surface area contributed by atoms with Crippen molar-refractivity contribution in [2.75, 3.05) is 7.05 Å². The van der Waals surface area contributed by atoms with Gasteiger partial charge in [0.2, 0.25) is 0 Å². The molecule has 0 unspecified atom stereocenters. The molecule has 2 aliphatic rings. The zero-order valence-electron chi connectivity index (χ0n) is 30.2. The summed E-state index contributed by atoms with van der Waals surface area (Å²) in [5, 5.41) is 0. The van der Waals surface area contributed by atoms with E-state index in [1.54, 1.807) is 0 Å². The molecule has 5 aromatic rings. The van der Waals surface area contributed by atoms with Gasteiger partial charge < -0.3 is 0 Å². The van der Waals surface area contributed by atoms with E-state index in [1.165, 1.54) is 61.2 Å². The van der Waals surface area contributed by atoms with Crippen molar-refractivity contribution in [1.29, 1.82) is 0 Å². The van der Waals surface area contributed by atoms with Gasteiger partial charge in [-0.2, -0.15) is 0 Å². The molecule has 0 amide bonds. The number of fused-ring (bicyclic) bond motifs is 1. The molecule has 0 N–H and O–H groups in total. The van der Waals surface area contributed by atoms with E-state index in [4.69, 9.17) is 0 Å². The van der Waals surface area contributed by atoms with Gasteiger partial charge >= 0.3 is 0 Å². The number of benzene rings is 5. The lowest BCUT2D eigenvalue weighted by molar-refractivity contribution is 1.31. The predicted octanol–water partition coefficient (Wildman–Crippen LogP) is 13.1. The molecule has 0 bridgehead atoms. The Morgan fingerprint density at radius 3 is 1.92 bits per heavy atom. The standard InChI is InChI=1S/C28H25N.C10H12.C9H8.C2H4/c1-20-17-21(2)19-25(18-20)22-13-15-24(16-14-22)28(23-9-5-4-6-10-23)26-11-7-8-12-27(26)29-3;1-3-6-10-8-5-4-7-9(10)2;1-2-5-9-7-3-6-8(9)4-1;1-2/h4-19H,1-3H3;3-8H,1-2H3;1-6H,7H2;1-2H2/b28-26-,29-27?;6-3-;;. The largest absolute Gasteiger partial charge is 0.288 e. The Bertz CT molecular complexity index is 2010. The molecule has 1 nitrogen and oxygen atoms in total. The van der Waals surface area contributed by atoms with Gasteiger partial charge in [-0.25, -0.2) is 0 Å². The Morgan fingerprint density at radius 1 is 0.640 bits per heavy atom. The highest BCUT2D eigenvalue weighted by Gasteiger charge is 2.15. The SMILES string of the molecule is C/C=C\c1ccccc1C.C1=Cc2ccccc2C1.C=C.CN=C1C=CC=C/C1=C(\c1ccccc1)c1ccc(-c2cc(C)cc(C)c2)cc1.